The highest BCUT2D eigenvalue weighted by Crippen LogP contribution is 2.12. The SMILES string of the molecule is C=C(N)/C=C/C(N)=C/C(N)Cc1ccc(N(N)N)cc1. The molecule has 0 aliphatic carbocycles. The van der Waals surface area contributed by atoms with E-state index in [9.17, 15) is 0 Å². The Labute approximate surface area is 119 Å². The molecule has 1 unspecified atom stereocenters. The summed E-state index contributed by atoms with van der Waals surface area (Å²) in [5.41, 5.74) is 20.0. The summed E-state index contributed by atoms with van der Waals surface area (Å²) in [6.07, 6.45) is 5.73. The van der Waals surface area contributed by atoms with E-state index in [-0.39, 0.29) is 6.04 Å². The maximum absolute atomic E-state index is 6.01. The van der Waals surface area contributed by atoms with Crippen LogP contribution in [0.1, 0.15) is 5.56 Å². The van der Waals surface area contributed by atoms with E-state index >= 15 is 0 Å². The van der Waals surface area contributed by atoms with Gasteiger partial charge < -0.3 is 17.2 Å². The van der Waals surface area contributed by atoms with Crippen LogP contribution in [0.5, 0.6) is 0 Å². The van der Waals surface area contributed by atoms with Gasteiger partial charge in [0.25, 0.3) is 0 Å². The van der Waals surface area contributed by atoms with Crippen LogP contribution in [0.3, 0.4) is 0 Å². The third-order valence-corrected chi connectivity index (χ3v) is 2.60. The number of hydrogen-bond acceptors (Lipinski definition) is 6. The van der Waals surface area contributed by atoms with Gasteiger partial charge in [-0.3, -0.25) is 0 Å². The zero-order chi connectivity index (χ0) is 15.1. The molecule has 0 aliphatic heterocycles. The van der Waals surface area contributed by atoms with Gasteiger partial charge in [-0.2, -0.15) is 0 Å². The molecule has 0 saturated carbocycles. The van der Waals surface area contributed by atoms with E-state index in [0.717, 1.165) is 16.4 Å². The molecule has 108 valence electrons. The number of benzene rings is 1. The molecule has 0 amide bonds. The van der Waals surface area contributed by atoms with Crippen LogP contribution in [0.25, 0.3) is 0 Å². The third-order valence-electron chi connectivity index (χ3n) is 2.60. The van der Waals surface area contributed by atoms with Crippen LogP contribution in [-0.2, 0) is 6.42 Å². The summed E-state index contributed by atoms with van der Waals surface area (Å²) in [5, 5.41) is 1.06. The zero-order valence-electron chi connectivity index (χ0n) is 11.4. The van der Waals surface area contributed by atoms with Crippen molar-refractivity contribution >= 4 is 5.69 Å². The minimum Gasteiger partial charge on any atom is -0.399 e. The Morgan fingerprint density at radius 2 is 1.75 bits per heavy atom. The summed E-state index contributed by atoms with van der Waals surface area (Å²) in [5.74, 6) is 10.8. The molecular formula is C14H22N6. The number of nitrogens with two attached hydrogens (primary N) is 5. The van der Waals surface area contributed by atoms with Crippen molar-refractivity contribution in [2.75, 3.05) is 5.12 Å². The number of hydrogen-bond donors (Lipinski definition) is 5. The van der Waals surface area contributed by atoms with Crippen molar-refractivity contribution in [1.29, 1.82) is 0 Å². The normalized spacial score (nSPS) is 13.4. The van der Waals surface area contributed by atoms with E-state index in [0.29, 0.717) is 17.8 Å². The molecule has 0 bridgehead atoms. The minimum absolute atomic E-state index is 0.191. The Morgan fingerprint density at radius 3 is 2.25 bits per heavy atom. The van der Waals surface area contributed by atoms with Crippen molar-refractivity contribution in [3.8, 4) is 0 Å². The molecule has 6 nitrogen and oxygen atoms in total. The van der Waals surface area contributed by atoms with Crippen molar-refractivity contribution in [1.82, 2.24) is 0 Å². The number of allylic oxidation sites excluding steroid dienone is 2. The Kier molecular flexibility index (Phi) is 5.79. The first-order chi connectivity index (χ1) is 9.38. The van der Waals surface area contributed by atoms with E-state index in [1.807, 2.05) is 24.3 Å². The van der Waals surface area contributed by atoms with E-state index in [1.165, 1.54) is 0 Å². The van der Waals surface area contributed by atoms with Crippen molar-refractivity contribution in [3.05, 3.63) is 66.0 Å². The topological polar surface area (TPSA) is 133 Å². The summed E-state index contributed by atoms with van der Waals surface area (Å²) >= 11 is 0. The van der Waals surface area contributed by atoms with Crippen LogP contribution >= 0.6 is 0 Å². The van der Waals surface area contributed by atoms with Crippen LogP contribution < -0.4 is 34.0 Å². The van der Waals surface area contributed by atoms with Gasteiger partial charge in [0.05, 0.1) is 5.69 Å². The van der Waals surface area contributed by atoms with Gasteiger partial charge in [-0.15, -0.1) is 0 Å². The summed E-state index contributed by atoms with van der Waals surface area (Å²) in [6.45, 7) is 3.55. The maximum Gasteiger partial charge on any atom is 0.0697 e. The fourth-order valence-corrected chi connectivity index (χ4v) is 1.64. The average molecular weight is 274 g/mol. The number of rotatable bonds is 6. The second kappa shape index (κ2) is 7.34. The first-order valence-corrected chi connectivity index (χ1v) is 6.12. The van der Waals surface area contributed by atoms with Crippen LogP contribution in [0.4, 0.5) is 5.69 Å². The van der Waals surface area contributed by atoms with Crippen LogP contribution in [0.15, 0.2) is 60.5 Å². The lowest BCUT2D eigenvalue weighted by atomic mass is 10.1. The van der Waals surface area contributed by atoms with E-state index in [1.54, 1.807) is 18.2 Å². The Morgan fingerprint density at radius 1 is 1.15 bits per heavy atom. The fraction of sp³-hybridized carbons (Fsp3) is 0.143. The molecule has 0 aliphatic rings. The lowest BCUT2D eigenvalue weighted by Gasteiger charge is -2.12. The molecule has 0 saturated heterocycles. The first kappa shape index (κ1) is 15.8. The molecular weight excluding hydrogens is 252 g/mol. The number of hydrazine groups is 2. The van der Waals surface area contributed by atoms with Gasteiger partial charge in [0, 0.05) is 17.4 Å². The lowest BCUT2D eigenvalue weighted by Crippen LogP contribution is -2.37. The van der Waals surface area contributed by atoms with E-state index in [2.05, 4.69) is 6.58 Å². The maximum atomic E-state index is 6.01. The molecule has 6 heteroatoms. The fourth-order valence-electron chi connectivity index (χ4n) is 1.64. The highest BCUT2D eigenvalue weighted by Gasteiger charge is 2.02. The van der Waals surface area contributed by atoms with Crippen molar-refractivity contribution < 1.29 is 0 Å². The highest BCUT2D eigenvalue weighted by molar-refractivity contribution is 5.44. The summed E-state index contributed by atoms with van der Waals surface area (Å²) in [4.78, 5) is 0. The molecule has 0 aromatic heterocycles. The Hall–Kier alpha value is -2.28. The van der Waals surface area contributed by atoms with Crippen molar-refractivity contribution in [2.24, 2.45) is 28.9 Å². The van der Waals surface area contributed by atoms with E-state index in [4.69, 9.17) is 28.9 Å². The number of anilines is 1. The first-order valence-electron chi connectivity index (χ1n) is 6.12. The third kappa shape index (κ3) is 5.57. The van der Waals surface area contributed by atoms with Crippen molar-refractivity contribution in [2.45, 2.75) is 12.5 Å². The predicted molar refractivity (Wildman–Crippen MR) is 83.7 cm³/mol. The smallest absolute Gasteiger partial charge is 0.0697 e. The molecule has 1 aromatic rings. The molecule has 1 atom stereocenters. The monoisotopic (exact) mass is 274 g/mol. The summed E-state index contributed by atoms with van der Waals surface area (Å²) in [7, 11) is 0. The zero-order valence-corrected chi connectivity index (χ0v) is 11.4. The Balaban J connectivity index is 2.63. The summed E-state index contributed by atoms with van der Waals surface area (Å²) < 4.78 is 0. The van der Waals surface area contributed by atoms with Gasteiger partial charge >= 0.3 is 0 Å². The minimum atomic E-state index is -0.191. The molecule has 0 heterocycles. The number of nitrogens with zero attached hydrogens (tertiary/aromatic N) is 1. The van der Waals surface area contributed by atoms with Gasteiger partial charge in [0.15, 0.2) is 0 Å². The standard InChI is InChI=1S/C14H22N6/c1-10(15)2-5-12(16)9-13(17)8-11-3-6-14(7-4-11)20(18)19/h2-7,9,13H,1,8,15-19H2/b5-2+,12-9-. The molecule has 0 fully saturated rings. The van der Waals surface area contributed by atoms with Gasteiger partial charge in [-0.05, 0) is 42.3 Å². The van der Waals surface area contributed by atoms with Gasteiger partial charge in [-0.25, -0.2) is 16.8 Å². The predicted octanol–water partition coefficient (Wildman–Crippen LogP) is -0.0186. The molecule has 20 heavy (non-hydrogen) atoms. The molecule has 0 radical (unpaired) electrons. The molecule has 1 aromatic carbocycles. The van der Waals surface area contributed by atoms with Gasteiger partial charge in [-0.1, -0.05) is 18.7 Å². The average Bonchev–Trinajstić information content (AvgIpc) is 2.36. The van der Waals surface area contributed by atoms with Crippen LogP contribution in [0, 0.1) is 0 Å². The summed E-state index contributed by atoms with van der Waals surface area (Å²) in [6, 6.07) is 7.30. The molecule has 0 spiro atoms. The van der Waals surface area contributed by atoms with Gasteiger partial charge in [0.1, 0.15) is 0 Å². The second-order valence-corrected chi connectivity index (χ2v) is 4.52. The molecule has 10 N–H and O–H groups in total. The quantitative estimate of drug-likeness (QED) is 0.281. The van der Waals surface area contributed by atoms with E-state index < -0.39 is 0 Å². The van der Waals surface area contributed by atoms with Crippen LogP contribution in [0.2, 0.25) is 0 Å². The Bertz CT molecular complexity index is 501. The highest BCUT2D eigenvalue weighted by atomic mass is 15.6. The van der Waals surface area contributed by atoms with Gasteiger partial charge in [0.2, 0.25) is 0 Å². The van der Waals surface area contributed by atoms with Crippen LogP contribution in [-0.4, -0.2) is 6.04 Å². The molecule has 1 rings (SSSR count). The lowest BCUT2D eigenvalue weighted by molar-refractivity contribution is 0.803. The largest absolute Gasteiger partial charge is 0.399 e. The second-order valence-electron chi connectivity index (χ2n) is 4.52. The van der Waals surface area contributed by atoms with Crippen molar-refractivity contribution in [3.63, 3.8) is 0 Å².